The largest absolute Gasteiger partial charge is 0.478 e. The van der Waals surface area contributed by atoms with E-state index in [4.69, 9.17) is 10.8 Å². The average Bonchev–Trinajstić information content (AvgIpc) is 2.26. The van der Waals surface area contributed by atoms with Gasteiger partial charge in [-0.2, -0.15) is 0 Å². The van der Waals surface area contributed by atoms with E-state index in [-0.39, 0.29) is 22.4 Å². The summed E-state index contributed by atoms with van der Waals surface area (Å²) in [6.07, 6.45) is 1.02. The number of carboxylic acids is 2. The zero-order valence-corrected chi connectivity index (χ0v) is 10.7. The number of nitrogen functional groups attached to an aromatic ring is 1. The first kappa shape index (κ1) is 14.0. The summed E-state index contributed by atoms with van der Waals surface area (Å²) >= 11 is 0. The monoisotopic (exact) mass is 251 g/mol. The molecule has 18 heavy (non-hydrogen) atoms. The van der Waals surface area contributed by atoms with Crippen LogP contribution in [0, 0.1) is 6.92 Å². The number of nitrogens with two attached hydrogens (primary N) is 1. The first-order valence-electron chi connectivity index (χ1n) is 5.77. The van der Waals surface area contributed by atoms with Crippen LogP contribution in [0.5, 0.6) is 0 Å². The summed E-state index contributed by atoms with van der Waals surface area (Å²) in [5, 5.41) is 18.4. The molecule has 0 heterocycles. The summed E-state index contributed by atoms with van der Waals surface area (Å²) in [6, 6.07) is 0. The SMILES string of the molecule is CCc1c(N)c(C(=O)O)c(C)c(C(=O)O)c1CC. The van der Waals surface area contributed by atoms with Crippen LogP contribution >= 0.6 is 0 Å². The lowest BCUT2D eigenvalue weighted by molar-refractivity contribution is 0.0695. The van der Waals surface area contributed by atoms with Crippen LogP contribution in [0.1, 0.15) is 51.3 Å². The van der Waals surface area contributed by atoms with E-state index in [1.54, 1.807) is 0 Å². The minimum Gasteiger partial charge on any atom is -0.478 e. The van der Waals surface area contributed by atoms with Gasteiger partial charge in [-0.05, 0) is 36.5 Å². The van der Waals surface area contributed by atoms with Crippen LogP contribution < -0.4 is 5.73 Å². The van der Waals surface area contributed by atoms with E-state index in [1.165, 1.54) is 6.92 Å². The van der Waals surface area contributed by atoms with Gasteiger partial charge in [-0.25, -0.2) is 9.59 Å². The van der Waals surface area contributed by atoms with Gasteiger partial charge in [0.15, 0.2) is 0 Å². The predicted molar refractivity (Wildman–Crippen MR) is 68.3 cm³/mol. The zero-order valence-electron chi connectivity index (χ0n) is 10.7. The fourth-order valence-corrected chi connectivity index (χ4v) is 2.38. The van der Waals surface area contributed by atoms with Crippen LogP contribution in [0.15, 0.2) is 0 Å². The molecule has 0 aliphatic heterocycles. The van der Waals surface area contributed by atoms with E-state index >= 15 is 0 Å². The van der Waals surface area contributed by atoms with Gasteiger partial charge in [0, 0.05) is 5.69 Å². The second kappa shape index (κ2) is 5.08. The number of aromatic carboxylic acids is 2. The second-order valence-electron chi connectivity index (χ2n) is 4.06. The van der Waals surface area contributed by atoms with E-state index in [1.807, 2.05) is 13.8 Å². The second-order valence-corrected chi connectivity index (χ2v) is 4.06. The van der Waals surface area contributed by atoms with Crippen molar-refractivity contribution in [1.82, 2.24) is 0 Å². The third-order valence-electron chi connectivity index (χ3n) is 3.15. The van der Waals surface area contributed by atoms with Crippen molar-refractivity contribution in [3.63, 3.8) is 0 Å². The van der Waals surface area contributed by atoms with Crippen molar-refractivity contribution in [2.45, 2.75) is 33.6 Å². The lowest BCUT2D eigenvalue weighted by Gasteiger charge is -2.18. The van der Waals surface area contributed by atoms with Gasteiger partial charge < -0.3 is 15.9 Å². The number of hydrogen-bond donors (Lipinski definition) is 3. The summed E-state index contributed by atoms with van der Waals surface area (Å²) in [5.41, 5.74) is 7.50. The van der Waals surface area contributed by atoms with E-state index in [0.29, 0.717) is 24.0 Å². The van der Waals surface area contributed by atoms with Gasteiger partial charge >= 0.3 is 11.9 Å². The Morgan fingerprint density at radius 1 is 1.00 bits per heavy atom. The number of rotatable bonds is 4. The Morgan fingerprint density at radius 2 is 1.44 bits per heavy atom. The fourth-order valence-electron chi connectivity index (χ4n) is 2.38. The van der Waals surface area contributed by atoms with Crippen LogP contribution in [0.4, 0.5) is 5.69 Å². The Morgan fingerprint density at radius 3 is 1.78 bits per heavy atom. The predicted octanol–water partition coefficient (Wildman–Crippen LogP) is 2.10. The fraction of sp³-hybridized carbons (Fsp3) is 0.385. The molecule has 1 rings (SSSR count). The Kier molecular flexibility index (Phi) is 3.96. The summed E-state index contributed by atoms with van der Waals surface area (Å²) < 4.78 is 0. The van der Waals surface area contributed by atoms with Gasteiger partial charge in [0.05, 0.1) is 11.1 Å². The maximum absolute atomic E-state index is 11.3. The number of anilines is 1. The Hall–Kier alpha value is -2.04. The van der Waals surface area contributed by atoms with E-state index in [2.05, 4.69) is 0 Å². The molecule has 0 bridgehead atoms. The van der Waals surface area contributed by atoms with Crippen molar-refractivity contribution >= 4 is 17.6 Å². The van der Waals surface area contributed by atoms with Gasteiger partial charge in [-0.1, -0.05) is 13.8 Å². The van der Waals surface area contributed by atoms with Crippen LogP contribution in [0.2, 0.25) is 0 Å². The minimum atomic E-state index is -1.19. The number of carboxylic acid groups (broad SMARTS) is 2. The van der Waals surface area contributed by atoms with E-state index < -0.39 is 11.9 Å². The molecule has 4 N–H and O–H groups in total. The van der Waals surface area contributed by atoms with Gasteiger partial charge in [0.2, 0.25) is 0 Å². The molecular weight excluding hydrogens is 234 g/mol. The summed E-state index contributed by atoms with van der Waals surface area (Å²) in [4.78, 5) is 22.5. The average molecular weight is 251 g/mol. The number of hydrogen-bond acceptors (Lipinski definition) is 3. The molecule has 0 unspecified atom stereocenters. The topological polar surface area (TPSA) is 101 Å². The number of carbonyl (C=O) groups is 2. The molecule has 0 saturated heterocycles. The molecule has 0 saturated carbocycles. The summed E-state index contributed by atoms with van der Waals surface area (Å²) in [7, 11) is 0. The standard InChI is InChI=1S/C13H17NO4/c1-4-7-8(5-2)11(14)10(13(17)18)6(3)9(7)12(15)16/h4-5,14H2,1-3H3,(H,15,16)(H,17,18). The number of benzene rings is 1. The molecule has 0 aliphatic carbocycles. The van der Waals surface area contributed by atoms with Crippen LogP contribution in [-0.2, 0) is 12.8 Å². The highest BCUT2D eigenvalue weighted by Gasteiger charge is 2.25. The van der Waals surface area contributed by atoms with Gasteiger partial charge in [-0.15, -0.1) is 0 Å². The molecule has 5 nitrogen and oxygen atoms in total. The molecule has 1 aromatic rings. The molecule has 0 radical (unpaired) electrons. The Labute approximate surface area is 105 Å². The molecule has 0 aromatic heterocycles. The van der Waals surface area contributed by atoms with Gasteiger partial charge in [-0.3, -0.25) is 0 Å². The molecule has 0 aliphatic rings. The van der Waals surface area contributed by atoms with Gasteiger partial charge in [0.1, 0.15) is 0 Å². The normalized spacial score (nSPS) is 10.4. The third-order valence-corrected chi connectivity index (χ3v) is 3.15. The first-order valence-corrected chi connectivity index (χ1v) is 5.77. The smallest absolute Gasteiger partial charge is 0.338 e. The van der Waals surface area contributed by atoms with Crippen molar-refractivity contribution in [3.05, 3.63) is 27.8 Å². The first-order chi connectivity index (χ1) is 8.36. The van der Waals surface area contributed by atoms with E-state index in [9.17, 15) is 14.7 Å². The molecule has 98 valence electrons. The highest BCUT2D eigenvalue weighted by molar-refractivity contribution is 6.02. The zero-order chi connectivity index (χ0) is 14.0. The lowest BCUT2D eigenvalue weighted by Crippen LogP contribution is -2.16. The quantitative estimate of drug-likeness (QED) is 0.711. The summed E-state index contributed by atoms with van der Waals surface area (Å²) in [6.45, 7) is 5.15. The molecule has 0 amide bonds. The Bertz CT molecular complexity index is 520. The molecule has 5 heteroatoms. The molecule has 0 fully saturated rings. The van der Waals surface area contributed by atoms with Crippen LogP contribution in [0.25, 0.3) is 0 Å². The Balaban J connectivity index is 3.86. The van der Waals surface area contributed by atoms with Crippen LogP contribution in [0.3, 0.4) is 0 Å². The molecule has 0 atom stereocenters. The van der Waals surface area contributed by atoms with Crippen molar-refractivity contribution in [2.24, 2.45) is 0 Å². The van der Waals surface area contributed by atoms with E-state index in [0.717, 1.165) is 0 Å². The van der Waals surface area contributed by atoms with Crippen molar-refractivity contribution in [1.29, 1.82) is 0 Å². The van der Waals surface area contributed by atoms with Crippen molar-refractivity contribution in [2.75, 3.05) is 5.73 Å². The highest BCUT2D eigenvalue weighted by atomic mass is 16.4. The summed E-state index contributed by atoms with van der Waals surface area (Å²) in [5.74, 6) is -2.30. The van der Waals surface area contributed by atoms with Crippen LogP contribution in [-0.4, -0.2) is 22.2 Å². The highest BCUT2D eigenvalue weighted by Crippen LogP contribution is 2.31. The maximum Gasteiger partial charge on any atom is 0.338 e. The molecule has 1 aromatic carbocycles. The maximum atomic E-state index is 11.3. The molecular formula is C13H17NO4. The third kappa shape index (κ3) is 2.03. The van der Waals surface area contributed by atoms with Crippen molar-refractivity contribution < 1.29 is 19.8 Å². The van der Waals surface area contributed by atoms with Gasteiger partial charge in [0.25, 0.3) is 0 Å². The van der Waals surface area contributed by atoms with Crippen molar-refractivity contribution in [3.8, 4) is 0 Å². The minimum absolute atomic E-state index is 0.0703. The lowest BCUT2D eigenvalue weighted by atomic mass is 9.88. The molecule has 0 spiro atoms.